The van der Waals surface area contributed by atoms with Crippen LogP contribution in [0.5, 0.6) is 0 Å². The molecule has 0 heterocycles. The minimum Gasteiger partial charge on any atom is -0.316 e. The second-order valence-corrected chi connectivity index (χ2v) is 5.71. The maximum Gasteiger partial charge on any atom is 0.0156 e. The van der Waals surface area contributed by atoms with E-state index < -0.39 is 0 Å². The molecule has 2 unspecified atom stereocenters. The molecule has 1 nitrogen and oxygen atoms in total. The number of nitrogens with one attached hydrogen (secondary N) is 1. The van der Waals surface area contributed by atoms with Gasteiger partial charge < -0.3 is 5.32 Å². The molecule has 2 atom stereocenters. The molecule has 17 heavy (non-hydrogen) atoms. The Morgan fingerprint density at radius 1 is 1.00 bits per heavy atom. The summed E-state index contributed by atoms with van der Waals surface area (Å²) in [6.45, 7) is 9.22. The molecule has 0 aliphatic carbocycles. The lowest BCUT2D eigenvalue weighted by molar-refractivity contribution is 0.324. The van der Waals surface area contributed by atoms with Crippen molar-refractivity contribution in [2.45, 2.75) is 46.1 Å². The number of likely N-dealkylation sites (N-methyl/N-ethyl adjacent to an activating group) is 1. The summed E-state index contributed by atoms with van der Waals surface area (Å²) >= 11 is 0. The summed E-state index contributed by atoms with van der Waals surface area (Å²) < 4.78 is 0. The molecule has 0 aliphatic rings. The van der Waals surface area contributed by atoms with Crippen LogP contribution in [0.2, 0.25) is 0 Å². The lowest BCUT2D eigenvalue weighted by atomic mass is 9.80. The van der Waals surface area contributed by atoms with Crippen molar-refractivity contribution in [3.05, 3.63) is 35.9 Å². The van der Waals surface area contributed by atoms with E-state index in [0.717, 1.165) is 5.92 Å². The first kappa shape index (κ1) is 14.2. The lowest BCUT2D eigenvalue weighted by Crippen LogP contribution is -2.37. The molecule has 1 aromatic carbocycles. The zero-order chi connectivity index (χ0) is 12.8. The molecule has 0 aromatic heterocycles. The van der Waals surface area contributed by atoms with Gasteiger partial charge in [-0.3, -0.25) is 0 Å². The van der Waals surface area contributed by atoms with Gasteiger partial charge in [-0.2, -0.15) is 0 Å². The second-order valence-electron chi connectivity index (χ2n) is 5.71. The van der Waals surface area contributed by atoms with E-state index in [9.17, 15) is 0 Å². The Labute approximate surface area is 107 Å². The molecule has 0 bridgehead atoms. The Bertz CT molecular complexity index is 303. The third kappa shape index (κ3) is 4.16. The molecular weight excluding hydrogens is 206 g/mol. The number of hydrogen-bond acceptors (Lipinski definition) is 1. The largest absolute Gasteiger partial charge is 0.316 e. The molecule has 1 N–H and O–H groups in total. The topological polar surface area (TPSA) is 12.0 Å². The van der Waals surface area contributed by atoms with E-state index in [1.54, 1.807) is 0 Å². The van der Waals surface area contributed by atoms with E-state index in [4.69, 9.17) is 0 Å². The van der Waals surface area contributed by atoms with Crippen LogP contribution < -0.4 is 5.32 Å². The first-order chi connectivity index (χ1) is 8.06. The Kier molecular flexibility index (Phi) is 5.70. The van der Waals surface area contributed by atoms with Gasteiger partial charge in [-0.25, -0.2) is 0 Å². The Balaban J connectivity index is 2.94. The molecule has 0 amide bonds. The zero-order valence-electron chi connectivity index (χ0n) is 11.9. The van der Waals surface area contributed by atoms with Gasteiger partial charge >= 0.3 is 0 Å². The summed E-state index contributed by atoms with van der Waals surface area (Å²) in [5, 5.41) is 3.51. The van der Waals surface area contributed by atoms with Gasteiger partial charge in [0.15, 0.2) is 0 Å². The van der Waals surface area contributed by atoms with Crippen LogP contribution in [0.3, 0.4) is 0 Å². The lowest BCUT2D eigenvalue weighted by Gasteiger charge is -2.31. The molecule has 0 spiro atoms. The monoisotopic (exact) mass is 233 g/mol. The van der Waals surface area contributed by atoms with Gasteiger partial charge in [0, 0.05) is 6.04 Å². The first-order valence-electron chi connectivity index (χ1n) is 6.78. The summed E-state index contributed by atoms with van der Waals surface area (Å²) in [5.74, 6) is 2.00. The predicted octanol–water partition coefficient (Wildman–Crippen LogP) is 4.06. The minimum absolute atomic E-state index is 0.555. The van der Waals surface area contributed by atoms with Crippen molar-refractivity contribution in [1.29, 1.82) is 0 Å². The fourth-order valence-corrected chi connectivity index (χ4v) is 2.70. The van der Waals surface area contributed by atoms with Crippen LogP contribution in [0.1, 0.15) is 45.6 Å². The third-order valence-electron chi connectivity index (χ3n) is 3.44. The van der Waals surface area contributed by atoms with E-state index in [-0.39, 0.29) is 0 Å². The second kappa shape index (κ2) is 6.80. The molecule has 96 valence electrons. The van der Waals surface area contributed by atoms with E-state index >= 15 is 0 Å². The highest BCUT2D eigenvalue weighted by Crippen LogP contribution is 2.30. The van der Waals surface area contributed by atoms with Crippen molar-refractivity contribution >= 4 is 0 Å². The van der Waals surface area contributed by atoms with E-state index in [1.165, 1.54) is 12.0 Å². The van der Waals surface area contributed by atoms with Gasteiger partial charge in [-0.1, -0.05) is 58.0 Å². The average Bonchev–Trinajstić information content (AvgIpc) is 2.29. The predicted molar refractivity (Wildman–Crippen MR) is 76.3 cm³/mol. The standard InChI is InChI=1S/C16H27N/c1-12(2)11-15(16(17-5)13(3)4)14-9-7-6-8-10-14/h6-10,12-13,15-17H,11H2,1-5H3. The Morgan fingerprint density at radius 3 is 2.00 bits per heavy atom. The summed E-state index contributed by atoms with van der Waals surface area (Å²) in [6.07, 6.45) is 1.24. The van der Waals surface area contributed by atoms with Crippen LogP contribution in [-0.4, -0.2) is 13.1 Å². The van der Waals surface area contributed by atoms with Crippen molar-refractivity contribution in [3.8, 4) is 0 Å². The van der Waals surface area contributed by atoms with E-state index in [2.05, 4.69) is 70.4 Å². The van der Waals surface area contributed by atoms with Crippen molar-refractivity contribution in [2.24, 2.45) is 11.8 Å². The maximum atomic E-state index is 3.51. The van der Waals surface area contributed by atoms with Gasteiger partial charge in [0.25, 0.3) is 0 Å². The minimum atomic E-state index is 0.555. The molecule has 0 saturated carbocycles. The number of hydrogen-bond donors (Lipinski definition) is 1. The van der Waals surface area contributed by atoms with Crippen LogP contribution in [0, 0.1) is 11.8 Å². The number of rotatable bonds is 6. The van der Waals surface area contributed by atoms with Gasteiger partial charge in [-0.05, 0) is 36.8 Å². The van der Waals surface area contributed by atoms with Crippen LogP contribution in [0.25, 0.3) is 0 Å². The van der Waals surface area contributed by atoms with E-state index in [0.29, 0.717) is 17.9 Å². The Morgan fingerprint density at radius 2 is 1.59 bits per heavy atom. The summed E-state index contributed by atoms with van der Waals surface area (Å²) in [6, 6.07) is 11.5. The summed E-state index contributed by atoms with van der Waals surface area (Å²) in [5.41, 5.74) is 1.47. The zero-order valence-corrected chi connectivity index (χ0v) is 11.9. The molecular formula is C16H27N. The first-order valence-corrected chi connectivity index (χ1v) is 6.78. The van der Waals surface area contributed by atoms with Crippen molar-refractivity contribution in [2.75, 3.05) is 7.05 Å². The third-order valence-corrected chi connectivity index (χ3v) is 3.44. The van der Waals surface area contributed by atoms with Crippen LogP contribution in [0.4, 0.5) is 0 Å². The van der Waals surface area contributed by atoms with Crippen molar-refractivity contribution in [1.82, 2.24) is 5.32 Å². The number of benzene rings is 1. The van der Waals surface area contributed by atoms with Crippen LogP contribution in [-0.2, 0) is 0 Å². The maximum absolute atomic E-state index is 3.51. The van der Waals surface area contributed by atoms with Crippen molar-refractivity contribution in [3.63, 3.8) is 0 Å². The molecule has 1 rings (SSSR count). The highest BCUT2D eigenvalue weighted by Gasteiger charge is 2.25. The fraction of sp³-hybridized carbons (Fsp3) is 0.625. The van der Waals surface area contributed by atoms with Crippen LogP contribution >= 0.6 is 0 Å². The smallest absolute Gasteiger partial charge is 0.0156 e. The molecule has 1 heteroatoms. The molecule has 0 aliphatic heterocycles. The Hall–Kier alpha value is -0.820. The molecule has 0 fully saturated rings. The van der Waals surface area contributed by atoms with Crippen LogP contribution in [0.15, 0.2) is 30.3 Å². The van der Waals surface area contributed by atoms with Gasteiger partial charge in [-0.15, -0.1) is 0 Å². The average molecular weight is 233 g/mol. The summed E-state index contributed by atoms with van der Waals surface area (Å²) in [4.78, 5) is 0. The summed E-state index contributed by atoms with van der Waals surface area (Å²) in [7, 11) is 2.08. The van der Waals surface area contributed by atoms with Gasteiger partial charge in [0.2, 0.25) is 0 Å². The molecule has 1 aromatic rings. The highest BCUT2D eigenvalue weighted by atomic mass is 14.9. The highest BCUT2D eigenvalue weighted by molar-refractivity contribution is 5.21. The van der Waals surface area contributed by atoms with E-state index in [1.807, 2.05) is 0 Å². The van der Waals surface area contributed by atoms with Gasteiger partial charge in [0.1, 0.15) is 0 Å². The SMILES string of the molecule is CNC(C(C)C)C(CC(C)C)c1ccccc1. The quantitative estimate of drug-likeness (QED) is 0.781. The van der Waals surface area contributed by atoms with Crippen molar-refractivity contribution < 1.29 is 0 Å². The normalized spacial score (nSPS) is 15.2. The molecule has 0 radical (unpaired) electrons. The molecule has 0 saturated heterocycles. The fourth-order valence-electron chi connectivity index (χ4n) is 2.70. The van der Waals surface area contributed by atoms with Gasteiger partial charge in [0.05, 0.1) is 0 Å².